The number of halogens is 2. The zero-order valence-electron chi connectivity index (χ0n) is 14.4. The quantitative estimate of drug-likeness (QED) is 0.195. The van der Waals surface area contributed by atoms with Crippen molar-refractivity contribution >= 4 is 69.5 Å². The minimum Gasteiger partial charge on any atom is -0.423 e. The van der Waals surface area contributed by atoms with E-state index in [1.54, 1.807) is 42.5 Å². The molecule has 0 unspecified atom stereocenters. The second kappa shape index (κ2) is 8.92. The zero-order chi connectivity index (χ0) is 20.3. The molecule has 0 radical (unpaired) electrons. The number of rotatable bonds is 5. The first kappa shape index (κ1) is 20.6. The van der Waals surface area contributed by atoms with Crippen LogP contribution in [0.2, 0.25) is 10.0 Å². The van der Waals surface area contributed by atoms with Gasteiger partial charge < -0.3 is 4.74 Å². The molecule has 2 aromatic rings. The average Bonchev–Trinajstić information content (AvgIpc) is 2.91. The molecule has 1 aliphatic heterocycles. The molecule has 1 amide bonds. The topological polar surface area (TPSA) is 46.6 Å². The van der Waals surface area contributed by atoms with Crippen molar-refractivity contribution in [1.82, 2.24) is 4.90 Å². The van der Waals surface area contributed by atoms with Crippen molar-refractivity contribution in [2.24, 2.45) is 0 Å². The summed E-state index contributed by atoms with van der Waals surface area (Å²) in [4.78, 5) is 26.6. The Hall–Kier alpha value is -2.12. The molecule has 0 atom stereocenters. The lowest BCUT2D eigenvalue weighted by Crippen LogP contribution is -2.27. The summed E-state index contributed by atoms with van der Waals surface area (Å²) in [5.41, 5.74) is 1.00. The Kier molecular flexibility index (Phi) is 6.57. The number of hydrogen-bond donors (Lipinski definition) is 0. The van der Waals surface area contributed by atoms with E-state index >= 15 is 0 Å². The monoisotopic (exact) mass is 449 g/mol. The Morgan fingerprint density at radius 3 is 2.57 bits per heavy atom. The van der Waals surface area contributed by atoms with Gasteiger partial charge in [0.05, 0.1) is 15.5 Å². The highest BCUT2D eigenvalue weighted by Crippen LogP contribution is 2.32. The molecule has 0 spiro atoms. The molecule has 142 valence electrons. The van der Waals surface area contributed by atoms with Crippen LogP contribution >= 0.6 is 47.2 Å². The molecule has 4 nitrogen and oxygen atoms in total. The van der Waals surface area contributed by atoms with E-state index in [0.717, 1.165) is 5.56 Å². The minimum absolute atomic E-state index is 0.150. The van der Waals surface area contributed by atoms with Gasteiger partial charge in [0.1, 0.15) is 10.1 Å². The lowest BCUT2D eigenvalue weighted by Gasteiger charge is -2.10. The fourth-order valence-corrected chi connectivity index (χ4v) is 4.15. The van der Waals surface area contributed by atoms with Crippen molar-refractivity contribution in [3.63, 3.8) is 0 Å². The van der Waals surface area contributed by atoms with Gasteiger partial charge in [-0.2, -0.15) is 0 Å². The van der Waals surface area contributed by atoms with E-state index in [1.807, 2.05) is 0 Å². The number of nitrogens with zero attached hydrogens (tertiary/aromatic N) is 1. The predicted molar refractivity (Wildman–Crippen MR) is 118 cm³/mol. The Morgan fingerprint density at radius 1 is 1.21 bits per heavy atom. The first-order valence-corrected chi connectivity index (χ1v) is 10.0. The molecule has 8 heteroatoms. The Labute approximate surface area is 181 Å². The molecular formula is C20H13Cl2NO3S2. The van der Waals surface area contributed by atoms with Gasteiger partial charge in [0.2, 0.25) is 0 Å². The molecule has 0 aliphatic carbocycles. The molecule has 0 bridgehead atoms. The van der Waals surface area contributed by atoms with Crippen molar-refractivity contribution in [2.45, 2.75) is 0 Å². The van der Waals surface area contributed by atoms with Gasteiger partial charge in [0.15, 0.2) is 0 Å². The normalized spacial score (nSPS) is 15.2. The van der Waals surface area contributed by atoms with Crippen molar-refractivity contribution in [3.05, 3.63) is 81.2 Å². The van der Waals surface area contributed by atoms with Gasteiger partial charge in [0.25, 0.3) is 5.91 Å². The number of esters is 1. The van der Waals surface area contributed by atoms with Crippen molar-refractivity contribution < 1.29 is 14.3 Å². The maximum atomic E-state index is 12.3. The standard InChI is InChI=1S/C20H13Cl2NO3S2/c1-2-9-23-18(24)17(28-20(23)27)10-12-3-6-14(7-4-12)26-19(25)15-8-5-13(21)11-16(15)22/h2-8,10-11H,1,9H2/b17-10-. The van der Waals surface area contributed by atoms with Crippen LogP contribution in [0.1, 0.15) is 15.9 Å². The number of amides is 1. The number of ether oxygens (including phenoxy) is 1. The van der Waals surface area contributed by atoms with Crippen LogP contribution in [-0.4, -0.2) is 27.6 Å². The van der Waals surface area contributed by atoms with Gasteiger partial charge in [-0.1, -0.05) is 65.4 Å². The molecule has 1 saturated heterocycles. The third kappa shape index (κ3) is 4.64. The summed E-state index contributed by atoms with van der Waals surface area (Å²) in [7, 11) is 0. The summed E-state index contributed by atoms with van der Waals surface area (Å²) in [5.74, 6) is -0.380. The molecule has 0 N–H and O–H groups in total. The van der Waals surface area contributed by atoms with E-state index in [0.29, 0.717) is 26.5 Å². The summed E-state index contributed by atoms with van der Waals surface area (Å²) < 4.78 is 5.84. The van der Waals surface area contributed by atoms with Gasteiger partial charge in [0, 0.05) is 11.6 Å². The maximum Gasteiger partial charge on any atom is 0.345 e. The van der Waals surface area contributed by atoms with E-state index in [9.17, 15) is 9.59 Å². The van der Waals surface area contributed by atoms with Crippen LogP contribution in [0.25, 0.3) is 6.08 Å². The average molecular weight is 450 g/mol. The molecule has 1 fully saturated rings. The van der Waals surface area contributed by atoms with Gasteiger partial charge in [-0.15, -0.1) is 6.58 Å². The lowest BCUT2D eigenvalue weighted by atomic mass is 10.2. The first-order valence-electron chi connectivity index (χ1n) is 8.02. The zero-order valence-corrected chi connectivity index (χ0v) is 17.5. The van der Waals surface area contributed by atoms with Crippen LogP contribution in [0.3, 0.4) is 0 Å². The highest BCUT2D eigenvalue weighted by atomic mass is 35.5. The van der Waals surface area contributed by atoms with E-state index in [2.05, 4.69) is 6.58 Å². The van der Waals surface area contributed by atoms with Gasteiger partial charge in [-0.3, -0.25) is 9.69 Å². The predicted octanol–water partition coefficient (Wildman–Crippen LogP) is 5.60. The summed E-state index contributed by atoms with van der Waals surface area (Å²) in [6.07, 6.45) is 3.37. The number of carbonyl (C=O) groups excluding carboxylic acids is 2. The van der Waals surface area contributed by atoms with Crippen molar-refractivity contribution in [2.75, 3.05) is 6.54 Å². The van der Waals surface area contributed by atoms with Crippen molar-refractivity contribution in [3.8, 4) is 5.75 Å². The third-order valence-electron chi connectivity index (χ3n) is 3.72. The second-order valence-electron chi connectivity index (χ2n) is 5.66. The van der Waals surface area contributed by atoms with E-state index in [4.69, 9.17) is 40.2 Å². The van der Waals surface area contributed by atoms with Crippen LogP contribution in [-0.2, 0) is 4.79 Å². The SMILES string of the molecule is C=CCN1C(=O)/C(=C/c2ccc(OC(=O)c3ccc(Cl)cc3Cl)cc2)SC1=S. The largest absolute Gasteiger partial charge is 0.423 e. The molecular weight excluding hydrogens is 437 g/mol. The number of carbonyl (C=O) groups is 2. The number of thiocarbonyl (C=S) groups is 1. The summed E-state index contributed by atoms with van der Waals surface area (Å²) in [6.45, 7) is 4.01. The van der Waals surface area contributed by atoms with Gasteiger partial charge >= 0.3 is 5.97 Å². The lowest BCUT2D eigenvalue weighted by molar-refractivity contribution is -0.121. The maximum absolute atomic E-state index is 12.3. The minimum atomic E-state index is -0.584. The summed E-state index contributed by atoms with van der Waals surface area (Å²) in [6, 6.07) is 11.3. The van der Waals surface area contributed by atoms with Crippen LogP contribution in [0.15, 0.2) is 60.0 Å². The Balaban J connectivity index is 1.72. The van der Waals surface area contributed by atoms with Crippen LogP contribution in [0.5, 0.6) is 5.75 Å². The molecule has 2 aromatic carbocycles. The van der Waals surface area contributed by atoms with E-state index < -0.39 is 5.97 Å². The van der Waals surface area contributed by atoms with Crippen LogP contribution in [0.4, 0.5) is 0 Å². The molecule has 0 saturated carbocycles. The Bertz CT molecular complexity index is 1000. The number of benzene rings is 2. The number of thioether (sulfide) groups is 1. The van der Waals surface area contributed by atoms with E-state index in [-0.39, 0.29) is 16.5 Å². The fraction of sp³-hybridized carbons (Fsp3) is 0.0500. The third-order valence-corrected chi connectivity index (χ3v) is 5.65. The fourth-order valence-electron chi connectivity index (χ4n) is 2.39. The molecule has 1 heterocycles. The van der Waals surface area contributed by atoms with Crippen molar-refractivity contribution in [1.29, 1.82) is 0 Å². The number of hydrogen-bond acceptors (Lipinski definition) is 5. The highest BCUT2D eigenvalue weighted by Gasteiger charge is 2.30. The Morgan fingerprint density at radius 2 is 1.93 bits per heavy atom. The summed E-state index contributed by atoms with van der Waals surface area (Å²) in [5, 5.41) is 0.653. The van der Waals surface area contributed by atoms with E-state index in [1.165, 1.54) is 28.8 Å². The highest BCUT2D eigenvalue weighted by molar-refractivity contribution is 8.26. The van der Waals surface area contributed by atoms with Crippen LogP contribution in [0, 0.1) is 0 Å². The van der Waals surface area contributed by atoms with Gasteiger partial charge in [-0.25, -0.2) is 4.79 Å². The first-order chi connectivity index (χ1) is 13.4. The van der Waals surface area contributed by atoms with Gasteiger partial charge in [-0.05, 0) is 42.0 Å². The smallest absolute Gasteiger partial charge is 0.345 e. The van der Waals surface area contributed by atoms with Crippen LogP contribution < -0.4 is 4.74 Å². The second-order valence-corrected chi connectivity index (χ2v) is 8.18. The molecule has 0 aromatic heterocycles. The molecule has 28 heavy (non-hydrogen) atoms. The molecule has 1 aliphatic rings. The summed E-state index contributed by atoms with van der Waals surface area (Å²) >= 11 is 18.3. The molecule has 3 rings (SSSR count).